The minimum absolute atomic E-state index is 0. The third kappa shape index (κ3) is 5.77. The first kappa shape index (κ1) is 23.1. The SMILES string of the molecule is CC(=O)OCC(COC(C)=O)OCN1CN(C)C2=C1N=C(N)[NH+](C)C2=O.[I-]. The van der Waals surface area contributed by atoms with Gasteiger partial charge in [-0.15, -0.1) is 0 Å². The van der Waals surface area contributed by atoms with Gasteiger partial charge in [0.15, 0.2) is 11.5 Å². The van der Waals surface area contributed by atoms with Crippen molar-refractivity contribution in [1.82, 2.24) is 9.80 Å². The summed E-state index contributed by atoms with van der Waals surface area (Å²) in [6.45, 7) is 2.87. The first-order valence-corrected chi connectivity index (χ1v) is 8.02. The van der Waals surface area contributed by atoms with Crippen LogP contribution < -0.4 is 34.6 Å². The Hall–Kier alpha value is -1.93. The number of hydrogen-bond donors (Lipinski definition) is 2. The summed E-state index contributed by atoms with van der Waals surface area (Å²) < 4.78 is 15.6. The van der Waals surface area contributed by atoms with Gasteiger partial charge in [0.05, 0.1) is 13.7 Å². The third-order valence-electron chi connectivity index (χ3n) is 3.85. The molecule has 2 aliphatic heterocycles. The number of likely N-dealkylation sites (N-methyl/N-ethyl adjacent to an activating group) is 2. The molecule has 3 N–H and O–H groups in total. The Morgan fingerprint density at radius 1 is 1.26 bits per heavy atom. The topological polar surface area (TPSA) is 128 Å². The quantitative estimate of drug-likeness (QED) is 0.261. The van der Waals surface area contributed by atoms with E-state index in [1.165, 1.54) is 13.8 Å². The van der Waals surface area contributed by atoms with Gasteiger partial charge in [-0.1, -0.05) is 0 Å². The van der Waals surface area contributed by atoms with Crippen LogP contribution in [0.25, 0.3) is 0 Å². The zero-order valence-corrected chi connectivity index (χ0v) is 17.8. The minimum atomic E-state index is -0.647. The fourth-order valence-electron chi connectivity index (χ4n) is 2.47. The van der Waals surface area contributed by atoms with E-state index in [-0.39, 0.29) is 55.8 Å². The lowest BCUT2D eigenvalue weighted by molar-refractivity contribution is -0.696. The number of guanidine groups is 1. The van der Waals surface area contributed by atoms with E-state index in [2.05, 4.69) is 4.99 Å². The molecule has 152 valence electrons. The molecule has 0 aromatic heterocycles. The van der Waals surface area contributed by atoms with E-state index in [1.54, 1.807) is 23.9 Å². The molecule has 0 aliphatic carbocycles. The summed E-state index contributed by atoms with van der Waals surface area (Å²) in [7, 11) is 3.40. The number of nitrogens with one attached hydrogen (secondary N) is 1. The molecule has 0 fully saturated rings. The molecule has 2 aliphatic rings. The number of esters is 2. The monoisotopic (exact) mass is 497 g/mol. The van der Waals surface area contributed by atoms with Crippen LogP contribution in [0.3, 0.4) is 0 Å². The lowest BCUT2D eigenvalue weighted by atomic mass is 10.3. The number of halogens is 1. The van der Waals surface area contributed by atoms with Crippen molar-refractivity contribution in [2.24, 2.45) is 10.7 Å². The normalized spacial score (nSPS) is 18.9. The molecule has 1 amide bonds. The molecule has 0 aromatic carbocycles. The molecular weight excluding hydrogens is 473 g/mol. The number of carbonyl (C=O) groups is 3. The van der Waals surface area contributed by atoms with Crippen LogP contribution in [0.5, 0.6) is 0 Å². The van der Waals surface area contributed by atoms with Crippen molar-refractivity contribution in [2.75, 3.05) is 40.7 Å². The van der Waals surface area contributed by atoms with Crippen molar-refractivity contribution in [3.8, 4) is 0 Å². The maximum absolute atomic E-state index is 12.4. The average Bonchev–Trinajstić information content (AvgIpc) is 2.87. The second-order valence-electron chi connectivity index (χ2n) is 6.03. The van der Waals surface area contributed by atoms with Gasteiger partial charge in [-0.25, -0.2) is 9.69 Å². The molecule has 2 rings (SSSR count). The number of aliphatic imine (C=N–C) groups is 1. The number of rotatable bonds is 7. The highest BCUT2D eigenvalue weighted by molar-refractivity contribution is 5.96. The van der Waals surface area contributed by atoms with Gasteiger partial charge in [0, 0.05) is 20.9 Å². The third-order valence-corrected chi connectivity index (χ3v) is 3.85. The Balaban J connectivity index is 0.00000364. The molecule has 0 radical (unpaired) electrons. The van der Waals surface area contributed by atoms with Crippen molar-refractivity contribution in [3.05, 3.63) is 11.5 Å². The van der Waals surface area contributed by atoms with Crippen LogP contribution >= 0.6 is 0 Å². The average molecular weight is 497 g/mol. The molecule has 0 saturated heterocycles. The van der Waals surface area contributed by atoms with Crippen molar-refractivity contribution >= 4 is 23.8 Å². The molecular formula is C15H24IN5O6. The zero-order valence-electron chi connectivity index (χ0n) is 15.7. The molecule has 2 heterocycles. The number of carbonyl (C=O) groups excluding carboxylic acids is 3. The molecule has 0 saturated carbocycles. The van der Waals surface area contributed by atoms with Gasteiger partial charge in [0.1, 0.15) is 26.0 Å². The summed E-state index contributed by atoms with van der Waals surface area (Å²) in [5.41, 5.74) is 6.26. The Morgan fingerprint density at radius 2 is 1.81 bits per heavy atom. The fraction of sp³-hybridized carbons (Fsp3) is 0.600. The van der Waals surface area contributed by atoms with Crippen LogP contribution in [0.2, 0.25) is 0 Å². The van der Waals surface area contributed by atoms with Gasteiger partial charge in [0.2, 0.25) is 0 Å². The van der Waals surface area contributed by atoms with Crippen molar-refractivity contribution in [2.45, 2.75) is 20.0 Å². The standard InChI is InChI=1S/C15H23N5O6.HI/c1-9(21)24-5-11(6-25-10(2)22)26-8-20-7-18(3)12-13(20)17-15(16)19(4)14(12)23;/h11H,5-8H2,1-4H3,(H2,16,17);1H. The van der Waals surface area contributed by atoms with E-state index in [1.807, 2.05) is 0 Å². The molecule has 27 heavy (non-hydrogen) atoms. The predicted octanol–water partition coefficient (Wildman–Crippen LogP) is -5.80. The van der Waals surface area contributed by atoms with Gasteiger partial charge < -0.3 is 53.7 Å². The summed E-state index contributed by atoms with van der Waals surface area (Å²) in [4.78, 5) is 42.6. The Labute approximate surface area is 174 Å². The molecule has 0 aromatic rings. The summed E-state index contributed by atoms with van der Waals surface area (Å²) >= 11 is 0. The highest BCUT2D eigenvalue weighted by Gasteiger charge is 2.41. The Kier molecular flexibility index (Phi) is 8.43. The highest BCUT2D eigenvalue weighted by atomic mass is 127. The zero-order chi connectivity index (χ0) is 19.4. The van der Waals surface area contributed by atoms with Crippen LogP contribution in [0.1, 0.15) is 13.8 Å². The van der Waals surface area contributed by atoms with E-state index < -0.39 is 18.0 Å². The number of nitrogens with two attached hydrogens (primary N) is 1. The van der Waals surface area contributed by atoms with E-state index >= 15 is 0 Å². The van der Waals surface area contributed by atoms with E-state index in [9.17, 15) is 14.4 Å². The number of quaternary nitrogens is 1. The van der Waals surface area contributed by atoms with Crippen LogP contribution in [0.4, 0.5) is 0 Å². The van der Waals surface area contributed by atoms with E-state index in [0.29, 0.717) is 23.1 Å². The molecule has 11 nitrogen and oxygen atoms in total. The highest BCUT2D eigenvalue weighted by Crippen LogP contribution is 2.24. The fourth-order valence-corrected chi connectivity index (χ4v) is 2.47. The second-order valence-corrected chi connectivity index (χ2v) is 6.03. The number of amides is 1. The summed E-state index contributed by atoms with van der Waals surface area (Å²) in [5.74, 6) is -0.499. The molecule has 1 atom stereocenters. The first-order valence-electron chi connectivity index (χ1n) is 8.02. The van der Waals surface area contributed by atoms with Gasteiger partial charge in [0.25, 0.3) is 0 Å². The van der Waals surface area contributed by atoms with Crippen molar-refractivity contribution < 1.29 is 57.5 Å². The second kappa shape index (κ2) is 9.85. The first-order chi connectivity index (χ1) is 12.2. The van der Waals surface area contributed by atoms with Gasteiger partial charge in [-0.2, -0.15) is 4.99 Å². The molecule has 0 bridgehead atoms. The number of hydrogen-bond acceptors (Lipinski definition) is 10. The Bertz CT molecular complexity index is 649. The lowest BCUT2D eigenvalue weighted by Crippen LogP contribution is -3.16. The van der Waals surface area contributed by atoms with Crippen molar-refractivity contribution in [3.63, 3.8) is 0 Å². The smallest absolute Gasteiger partial charge is 0.371 e. The van der Waals surface area contributed by atoms with E-state index in [0.717, 1.165) is 0 Å². The largest absolute Gasteiger partial charge is 1.00 e. The van der Waals surface area contributed by atoms with Gasteiger partial charge in [-0.05, 0) is 0 Å². The van der Waals surface area contributed by atoms with Gasteiger partial charge >= 0.3 is 23.8 Å². The number of ether oxygens (including phenoxy) is 3. The Morgan fingerprint density at radius 3 is 2.33 bits per heavy atom. The van der Waals surface area contributed by atoms with Crippen LogP contribution in [0.15, 0.2) is 16.5 Å². The summed E-state index contributed by atoms with van der Waals surface area (Å²) in [5, 5.41) is 0. The van der Waals surface area contributed by atoms with Crippen LogP contribution in [-0.2, 0) is 28.6 Å². The van der Waals surface area contributed by atoms with Crippen LogP contribution in [0, 0.1) is 0 Å². The van der Waals surface area contributed by atoms with E-state index in [4.69, 9.17) is 19.9 Å². The minimum Gasteiger partial charge on any atom is -1.00 e. The lowest BCUT2D eigenvalue weighted by Gasteiger charge is -2.24. The summed E-state index contributed by atoms with van der Waals surface area (Å²) in [6.07, 6.45) is -0.647. The maximum Gasteiger partial charge on any atom is 0.371 e. The molecule has 12 heteroatoms. The van der Waals surface area contributed by atoms with Crippen LogP contribution in [-0.4, -0.2) is 80.4 Å². The number of nitrogens with zero attached hydrogens (tertiary/aromatic N) is 3. The predicted molar refractivity (Wildman–Crippen MR) is 88.0 cm³/mol. The maximum atomic E-state index is 12.4. The summed E-state index contributed by atoms with van der Waals surface area (Å²) in [6, 6.07) is 0. The molecule has 0 spiro atoms. The molecule has 1 unspecified atom stereocenters. The van der Waals surface area contributed by atoms with Gasteiger partial charge in [-0.3, -0.25) is 9.59 Å². The van der Waals surface area contributed by atoms with Crippen molar-refractivity contribution in [1.29, 1.82) is 0 Å².